The van der Waals surface area contributed by atoms with Crippen LogP contribution in [0.3, 0.4) is 0 Å². The summed E-state index contributed by atoms with van der Waals surface area (Å²) in [4.78, 5) is 26.6. The van der Waals surface area contributed by atoms with Crippen LogP contribution >= 0.6 is 11.3 Å². The molecule has 0 unspecified atom stereocenters. The monoisotopic (exact) mass is 424 g/mol. The molecule has 0 bridgehead atoms. The maximum Gasteiger partial charge on any atom is 0.266 e. The van der Waals surface area contributed by atoms with Gasteiger partial charge in [0.2, 0.25) is 0 Å². The topological polar surface area (TPSA) is 67.3 Å². The number of nitrogens with one attached hydrogen (secondary N) is 1. The average molecular weight is 425 g/mol. The largest absolute Gasteiger partial charge is 0.492 e. The van der Waals surface area contributed by atoms with Gasteiger partial charge in [-0.2, -0.15) is 0 Å². The van der Waals surface area contributed by atoms with E-state index in [-0.39, 0.29) is 5.91 Å². The third kappa shape index (κ3) is 3.86. The van der Waals surface area contributed by atoms with Gasteiger partial charge in [-0.3, -0.25) is 4.79 Å². The minimum Gasteiger partial charge on any atom is -0.492 e. The van der Waals surface area contributed by atoms with Gasteiger partial charge in [-0.05, 0) is 64.7 Å². The van der Waals surface area contributed by atoms with Crippen molar-refractivity contribution in [3.8, 4) is 5.75 Å². The number of carbonyl (C=O) groups is 1. The van der Waals surface area contributed by atoms with Crippen molar-refractivity contribution in [3.05, 3.63) is 40.5 Å². The number of anilines is 2. The van der Waals surface area contributed by atoms with Gasteiger partial charge in [0.05, 0.1) is 22.6 Å². The summed E-state index contributed by atoms with van der Waals surface area (Å²) >= 11 is 1.43. The number of nitrogens with zero attached hydrogens (tertiary/aromatic N) is 3. The first-order valence-electron chi connectivity index (χ1n) is 10.6. The highest BCUT2D eigenvalue weighted by Crippen LogP contribution is 2.38. The number of rotatable bonds is 5. The number of amides is 1. The second kappa shape index (κ2) is 8.60. The van der Waals surface area contributed by atoms with E-state index in [2.05, 4.69) is 22.1 Å². The lowest BCUT2D eigenvalue weighted by Crippen LogP contribution is -2.38. The summed E-state index contributed by atoms with van der Waals surface area (Å²) < 4.78 is 5.65. The standard InChI is InChI=1S/C23H28N4O2S/c1-5-29-18-12-7-6-11-17(18)26-22(28)20-15(3)19-21(24-16(4)25-23(19)30-20)27-13-9-8-10-14(27)2/h6-7,11-12,14H,5,8-10,13H2,1-4H3,(H,26,28)/t14-/m1/s1. The van der Waals surface area contributed by atoms with Crippen molar-refractivity contribution >= 4 is 39.0 Å². The first-order valence-corrected chi connectivity index (χ1v) is 11.4. The Balaban J connectivity index is 1.73. The molecule has 30 heavy (non-hydrogen) atoms. The zero-order chi connectivity index (χ0) is 21.3. The van der Waals surface area contributed by atoms with Crippen LogP contribution in [-0.4, -0.2) is 35.1 Å². The smallest absolute Gasteiger partial charge is 0.266 e. The SMILES string of the molecule is CCOc1ccccc1NC(=O)c1sc2nc(C)nc(N3CCCC[C@H]3C)c2c1C. The molecule has 3 aromatic rings. The third-order valence-electron chi connectivity index (χ3n) is 5.60. The molecule has 1 amide bonds. The lowest BCUT2D eigenvalue weighted by Gasteiger charge is -2.35. The summed E-state index contributed by atoms with van der Waals surface area (Å²) in [6.07, 6.45) is 3.58. The molecule has 0 spiro atoms. The second-order valence-electron chi connectivity index (χ2n) is 7.75. The molecule has 0 saturated carbocycles. The highest BCUT2D eigenvalue weighted by atomic mass is 32.1. The molecule has 1 N–H and O–H groups in total. The zero-order valence-corrected chi connectivity index (χ0v) is 18.8. The van der Waals surface area contributed by atoms with E-state index in [1.165, 1.54) is 24.2 Å². The van der Waals surface area contributed by atoms with Crippen LogP contribution < -0.4 is 15.0 Å². The van der Waals surface area contributed by atoms with Gasteiger partial charge >= 0.3 is 0 Å². The highest BCUT2D eigenvalue weighted by molar-refractivity contribution is 7.20. The molecule has 1 atom stereocenters. The van der Waals surface area contributed by atoms with Crippen molar-refractivity contribution in [3.63, 3.8) is 0 Å². The first-order chi connectivity index (χ1) is 14.5. The number of ether oxygens (including phenoxy) is 1. The van der Waals surface area contributed by atoms with Crippen LogP contribution in [0.15, 0.2) is 24.3 Å². The quantitative estimate of drug-likeness (QED) is 0.599. The third-order valence-corrected chi connectivity index (χ3v) is 6.78. The van der Waals surface area contributed by atoms with Gasteiger partial charge in [0.25, 0.3) is 5.91 Å². The molecule has 1 aliphatic rings. The van der Waals surface area contributed by atoms with Crippen LogP contribution in [0.25, 0.3) is 10.2 Å². The summed E-state index contributed by atoms with van der Waals surface area (Å²) in [6, 6.07) is 7.94. The summed E-state index contributed by atoms with van der Waals surface area (Å²) in [6.45, 7) is 9.64. The minimum atomic E-state index is -0.141. The number of piperidine rings is 1. The van der Waals surface area contributed by atoms with Crippen molar-refractivity contribution in [1.29, 1.82) is 0 Å². The number of aryl methyl sites for hydroxylation is 2. The number of fused-ring (bicyclic) bond motifs is 1. The van der Waals surface area contributed by atoms with E-state index in [4.69, 9.17) is 9.72 Å². The van der Waals surface area contributed by atoms with Gasteiger partial charge in [0, 0.05) is 12.6 Å². The average Bonchev–Trinajstić information content (AvgIpc) is 3.06. The maximum absolute atomic E-state index is 13.2. The maximum atomic E-state index is 13.2. The molecular weight excluding hydrogens is 396 g/mol. The van der Waals surface area contributed by atoms with E-state index < -0.39 is 0 Å². The van der Waals surface area contributed by atoms with Crippen molar-refractivity contribution in [2.45, 2.75) is 53.0 Å². The van der Waals surface area contributed by atoms with Crippen molar-refractivity contribution in [1.82, 2.24) is 9.97 Å². The Kier molecular flexibility index (Phi) is 5.90. The van der Waals surface area contributed by atoms with Gasteiger partial charge in [-0.25, -0.2) is 9.97 Å². The summed E-state index contributed by atoms with van der Waals surface area (Å²) in [5, 5.41) is 4.02. The molecule has 1 saturated heterocycles. The number of hydrogen-bond acceptors (Lipinski definition) is 6. The lowest BCUT2D eigenvalue weighted by atomic mass is 10.0. The normalized spacial score (nSPS) is 16.7. The van der Waals surface area contributed by atoms with E-state index in [1.807, 2.05) is 45.0 Å². The number of aromatic nitrogens is 2. The van der Waals surface area contributed by atoms with Crippen LogP contribution in [0.4, 0.5) is 11.5 Å². The molecule has 1 aliphatic heterocycles. The molecular formula is C23H28N4O2S. The molecule has 1 fully saturated rings. The van der Waals surface area contributed by atoms with Crippen molar-refractivity contribution in [2.75, 3.05) is 23.4 Å². The fourth-order valence-corrected chi connectivity index (χ4v) is 5.21. The predicted molar refractivity (Wildman–Crippen MR) is 123 cm³/mol. The lowest BCUT2D eigenvalue weighted by molar-refractivity contribution is 0.102. The highest BCUT2D eigenvalue weighted by Gasteiger charge is 2.26. The van der Waals surface area contributed by atoms with E-state index in [0.29, 0.717) is 29.0 Å². The molecule has 1 aromatic carbocycles. The fraction of sp³-hybridized carbons (Fsp3) is 0.435. The van der Waals surface area contributed by atoms with Gasteiger partial charge in [0.1, 0.15) is 22.2 Å². The van der Waals surface area contributed by atoms with Gasteiger partial charge in [-0.15, -0.1) is 11.3 Å². The van der Waals surface area contributed by atoms with Crippen molar-refractivity contribution < 1.29 is 9.53 Å². The Morgan fingerprint density at radius 3 is 2.83 bits per heavy atom. The molecule has 158 valence electrons. The first kappa shape index (κ1) is 20.6. The van der Waals surface area contributed by atoms with Crippen LogP contribution in [0, 0.1) is 13.8 Å². The number of benzene rings is 1. The van der Waals surface area contributed by atoms with Gasteiger partial charge in [0.15, 0.2) is 0 Å². The van der Waals surface area contributed by atoms with Crippen LogP contribution in [0.5, 0.6) is 5.75 Å². The van der Waals surface area contributed by atoms with E-state index in [1.54, 1.807) is 0 Å². The second-order valence-corrected chi connectivity index (χ2v) is 8.75. The fourth-order valence-electron chi connectivity index (χ4n) is 4.09. The molecule has 4 rings (SSSR count). The Bertz CT molecular complexity index is 1080. The molecule has 2 aromatic heterocycles. The Morgan fingerprint density at radius 1 is 1.27 bits per heavy atom. The number of thiophene rings is 1. The van der Waals surface area contributed by atoms with Crippen LogP contribution in [0.2, 0.25) is 0 Å². The van der Waals surface area contributed by atoms with E-state index in [0.717, 1.165) is 40.4 Å². The Morgan fingerprint density at radius 2 is 2.07 bits per heavy atom. The van der Waals surface area contributed by atoms with Crippen molar-refractivity contribution in [2.24, 2.45) is 0 Å². The number of hydrogen-bond donors (Lipinski definition) is 1. The summed E-state index contributed by atoms with van der Waals surface area (Å²) in [7, 11) is 0. The summed E-state index contributed by atoms with van der Waals surface area (Å²) in [5.74, 6) is 2.24. The Labute approximate surface area is 181 Å². The molecule has 0 aliphatic carbocycles. The molecule has 6 nitrogen and oxygen atoms in total. The minimum absolute atomic E-state index is 0.141. The van der Waals surface area contributed by atoms with E-state index >= 15 is 0 Å². The predicted octanol–water partition coefficient (Wildman–Crippen LogP) is 5.34. The summed E-state index contributed by atoms with van der Waals surface area (Å²) in [5.41, 5.74) is 1.61. The number of carbonyl (C=O) groups excluding carboxylic acids is 1. The van der Waals surface area contributed by atoms with Gasteiger partial charge < -0.3 is 15.0 Å². The van der Waals surface area contributed by atoms with E-state index in [9.17, 15) is 4.79 Å². The zero-order valence-electron chi connectivity index (χ0n) is 18.0. The van der Waals surface area contributed by atoms with Gasteiger partial charge in [-0.1, -0.05) is 12.1 Å². The number of para-hydroxylation sites is 2. The molecule has 0 radical (unpaired) electrons. The van der Waals surface area contributed by atoms with Crippen LogP contribution in [-0.2, 0) is 0 Å². The molecule has 7 heteroatoms. The molecule has 3 heterocycles. The Hall–Kier alpha value is -2.67. The van der Waals surface area contributed by atoms with Crippen LogP contribution in [0.1, 0.15) is 54.2 Å².